The largest absolute Gasteiger partial charge is 0.373 e. The zero-order chi connectivity index (χ0) is 22.0. The molecule has 2 aliphatic heterocycles. The Morgan fingerprint density at radius 1 is 1.29 bits per heavy atom. The molecule has 7 nitrogen and oxygen atoms in total. The quantitative estimate of drug-likeness (QED) is 0.670. The summed E-state index contributed by atoms with van der Waals surface area (Å²) in [4.78, 5) is 14.2. The van der Waals surface area contributed by atoms with Gasteiger partial charge in [0.1, 0.15) is 23.0 Å². The van der Waals surface area contributed by atoms with Gasteiger partial charge in [0.2, 0.25) is 0 Å². The first-order valence-electron chi connectivity index (χ1n) is 11.0. The highest BCUT2D eigenvalue weighted by molar-refractivity contribution is 6.44. The Bertz CT molecular complexity index is 987. The summed E-state index contributed by atoms with van der Waals surface area (Å²) in [5, 5.41) is 7.60. The van der Waals surface area contributed by atoms with Gasteiger partial charge < -0.3 is 20.4 Å². The molecule has 2 unspecified atom stereocenters. The molecule has 2 aromatic rings. The van der Waals surface area contributed by atoms with Crippen molar-refractivity contribution in [2.24, 2.45) is 4.99 Å². The second-order valence-electron chi connectivity index (χ2n) is 8.27. The van der Waals surface area contributed by atoms with Gasteiger partial charge in [-0.25, -0.2) is 4.98 Å². The number of anilines is 2. The van der Waals surface area contributed by atoms with Crippen molar-refractivity contribution < 1.29 is 0 Å². The van der Waals surface area contributed by atoms with Crippen molar-refractivity contribution in [2.75, 3.05) is 50.5 Å². The van der Waals surface area contributed by atoms with Crippen LogP contribution >= 0.6 is 11.6 Å². The molecule has 8 heteroatoms. The molecule has 0 aromatic carbocycles. The fraction of sp³-hybridized carbons (Fsp3) is 0.478. The summed E-state index contributed by atoms with van der Waals surface area (Å²) in [5.41, 5.74) is 2.75. The van der Waals surface area contributed by atoms with E-state index in [1.807, 2.05) is 7.05 Å². The number of aromatic nitrogens is 2. The fourth-order valence-corrected chi connectivity index (χ4v) is 4.85. The number of hydrogen-bond donors (Lipinski definition) is 2. The summed E-state index contributed by atoms with van der Waals surface area (Å²) >= 11 is 6.24. The number of rotatable bonds is 6. The molecule has 2 fully saturated rings. The maximum absolute atomic E-state index is 6.24. The topological polar surface area (TPSA) is 60.2 Å². The normalized spacial score (nSPS) is 23.2. The average Bonchev–Trinajstić information content (AvgIpc) is 3.17. The second-order valence-corrected chi connectivity index (χ2v) is 8.72. The van der Waals surface area contributed by atoms with Gasteiger partial charge in [-0.1, -0.05) is 30.8 Å². The Morgan fingerprint density at radius 3 is 2.74 bits per heavy atom. The van der Waals surface area contributed by atoms with Gasteiger partial charge in [0.25, 0.3) is 0 Å². The predicted octanol–water partition coefficient (Wildman–Crippen LogP) is 3.65. The van der Waals surface area contributed by atoms with Crippen molar-refractivity contribution in [3.63, 3.8) is 0 Å². The Labute approximate surface area is 189 Å². The molecule has 31 heavy (non-hydrogen) atoms. The van der Waals surface area contributed by atoms with E-state index >= 15 is 0 Å². The molecule has 2 N–H and O–H groups in total. The van der Waals surface area contributed by atoms with Gasteiger partial charge >= 0.3 is 0 Å². The molecule has 0 amide bonds. The van der Waals surface area contributed by atoms with Crippen LogP contribution in [-0.4, -0.2) is 66.3 Å². The van der Waals surface area contributed by atoms with Crippen LogP contribution in [0.2, 0.25) is 0 Å². The summed E-state index contributed by atoms with van der Waals surface area (Å²) in [6, 6.07) is 6.51. The van der Waals surface area contributed by atoms with Crippen LogP contribution in [0, 0.1) is 0 Å². The monoisotopic (exact) mass is 441 g/mol. The van der Waals surface area contributed by atoms with Crippen LogP contribution in [0.4, 0.5) is 11.6 Å². The van der Waals surface area contributed by atoms with Crippen molar-refractivity contribution >= 4 is 34.6 Å². The maximum atomic E-state index is 6.24. The van der Waals surface area contributed by atoms with Gasteiger partial charge in [0.15, 0.2) is 0 Å². The standard InChI is InChI=1S/C23H32ClN7/c1-5-26-21(16(2)24)17-8-6-9-18(27-17)22-23(25-3)31-19(28-22)10-7-11-20(31)30-14-12-29(4)13-15-30/h5,7,10-11,17-18,25,27H,1-2,6,8-9,12-15H2,3-4H3. The predicted molar refractivity (Wildman–Crippen MR) is 131 cm³/mol. The van der Waals surface area contributed by atoms with Crippen molar-refractivity contribution in [1.82, 2.24) is 19.6 Å². The van der Waals surface area contributed by atoms with E-state index in [0.29, 0.717) is 5.03 Å². The van der Waals surface area contributed by atoms with Crippen LogP contribution in [0.5, 0.6) is 0 Å². The van der Waals surface area contributed by atoms with Crippen LogP contribution < -0.4 is 15.5 Å². The highest BCUT2D eigenvalue weighted by Gasteiger charge is 2.31. The lowest BCUT2D eigenvalue weighted by Gasteiger charge is -2.34. The van der Waals surface area contributed by atoms with Gasteiger partial charge in [-0.15, -0.1) is 0 Å². The van der Waals surface area contributed by atoms with E-state index in [1.54, 1.807) is 0 Å². The molecule has 2 aromatic heterocycles. The van der Waals surface area contributed by atoms with Crippen molar-refractivity contribution in [3.05, 3.63) is 48.3 Å². The van der Waals surface area contributed by atoms with E-state index in [2.05, 4.69) is 68.2 Å². The van der Waals surface area contributed by atoms with Gasteiger partial charge in [0, 0.05) is 39.4 Å². The van der Waals surface area contributed by atoms with Crippen LogP contribution in [0.1, 0.15) is 31.0 Å². The van der Waals surface area contributed by atoms with Gasteiger partial charge in [-0.2, -0.15) is 0 Å². The number of halogens is 1. The first kappa shape index (κ1) is 21.9. The lowest BCUT2D eigenvalue weighted by Crippen LogP contribution is -2.45. The maximum Gasteiger partial charge on any atom is 0.140 e. The molecule has 2 atom stereocenters. The summed E-state index contributed by atoms with van der Waals surface area (Å²) in [7, 11) is 4.15. The average molecular weight is 442 g/mol. The third-order valence-electron chi connectivity index (χ3n) is 6.27. The number of piperazine rings is 1. The molecule has 4 rings (SSSR count). The van der Waals surface area contributed by atoms with Crippen molar-refractivity contribution in [1.29, 1.82) is 0 Å². The van der Waals surface area contributed by atoms with Gasteiger partial charge in [0.05, 0.1) is 22.8 Å². The van der Waals surface area contributed by atoms with E-state index in [4.69, 9.17) is 16.6 Å². The van der Waals surface area contributed by atoms with Crippen molar-refractivity contribution in [2.45, 2.75) is 31.3 Å². The number of pyridine rings is 1. The van der Waals surface area contributed by atoms with E-state index in [1.165, 1.54) is 12.0 Å². The minimum atomic E-state index is 0.0355. The van der Waals surface area contributed by atoms with E-state index in [0.717, 1.165) is 68.3 Å². The number of nitrogens with zero attached hydrogens (tertiary/aromatic N) is 5. The fourth-order valence-electron chi connectivity index (χ4n) is 4.67. The number of nitrogens with one attached hydrogen (secondary N) is 2. The Morgan fingerprint density at radius 2 is 2.06 bits per heavy atom. The number of imidazole rings is 1. The van der Waals surface area contributed by atoms with E-state index in [-0.39, 0.29) is 12.1 Å². The number of likely N-dealkylation sites (N-methyl/N-ethyl adjacent to an activating group) is 1. The first-order valence-corrected chi connectivity index (χ1v) is 11.3. The molecule has 0 spiro atoms. The molecular formula is C23H32ClN7. The van der Waals surface area contributed by atoms with E-state index in [9.17, 15) is 0 Å². The minimum absolute atomic E-state index is 0.0355. The highest BCUT2D eigenvalue weighted by Crippen LogP contribution is 2.34. The number of hydrogen-bond acceptors (Lipinski definition) is 6. The molecule has 0 aliphatic carbocycles. The molecule has 166 valence electrons. The van der Waals surface area contributed by atoms with Crippen LogP contribution in [-0.2, 0) is 0 Å². The Balaban J connectivity index is 1.69. The smallest absolute Gasteiger partial charge is 0.140 e. The SMILES string of the molecule is C=CN=C(C(=C)Cl)C1CCCC(c2nc3cccc(N4CCN(C)CC4)n3c2NC)N1. The number of piperidine rings is 1. The molecule has 4 heterocycles. The third kappa shape index (κ3) is 4.35. The summed E-state index contributed by atoms with van der Waals surface area (Å²) in [5.74, 6) is 2.22. The molecule has 2 saturated heterocycles. The Hall–Kier alpha value is -2.35. The lowest BCUT2D eigenvalue weighted by molar-refractivity contribution is 0.312. The summed E-state index contributed by atoms with van der Waals surface area (Å²) in [6.07, 6.45) is 4.56. The zero-order valence-corrected chi connectivity index (χ0v) is 19.2. The number of aliphatic imine (C=N–C) groups is 1. The summed E-state index contributed by atoms with van der Waals surface area (Å²) < 4.78 is 2.26. The van der Waals surface area contributed by atoms with Crippen LogP contribution in [0.15, 0.2) is 47.6 Å². The van der Waals surface area contributed by atoms with Crippen LogP contribution in [0.3, 0.4) is 0 Å². The molecule has 0 saturated carbocycles. The van der Waals surface area contributed by atoms with Gasteiger partial charge in [-0.3, -0.25) is 9.39 Å². The number of fused-ring (bicyclic) bond motifs is 1. The van der Waals surface area contributed by atoms with Crippen LogP contribution in [0.25, 0.3) is 5.65 Å². The van der Waals surface area contributed by atoms with E-state index < -0.39 is 0 Å². The molecule has 2 aliphatic rings. The van der Waals surface area contributed by atoms with Crippen molar-refractivity contribution in [3.8, 4) is 0 Å². The minimum Gasteiger partial charge on any atom is -0.373 e. The molecule has 0 radical (unpaired) electrons. The highest BCUT2D eigenvalue weighted by atomic mass is 35.5. The Kier molecular flexibility index (Phi) is 6.65. The van der Waals surface area contributed by atoms with Gasteiger partial charge in [-0.05, 0) is 38.4 Å². The first-order chi connectivity index (χ1) is 15.0. The zero-order valence-electron chi connectivity index (χ0n) is 18.4. The third-order valence-corrected chi connectivity index (χ3v) is 6.46. The molecular weight excluding hydrogens is 410 g/mol. The second kappa shape index (κ2) is 9.42. The molecule has 0 bridgehead atoms. The summed E-state index contributed by atoms with van der Waals surface area (Å²) in [6.45, 7) is 11.8. The lowest BCUT2D eigenvalue weighted by atomic mass is 9.93.